The largest absolute Gasteiger partial charge is 0.380 e. The van der Waals surface area contributed by atoms with E-state index < -0.39 is 5.60 Å². The van der Waals surface area contributed by atoms with Crippen LogP contribution in [0.2, 0.25) is 0 Å². The molecule has 3 rings (SSSR count). The summed E-state index contributed by atoms with van der Waals surface area (Å²) in [6, 6.07) is 0.655. The molecule has 0 aromatic carbocycles. The minimum atomic E-state index is -0.959. The van der Waals surface area contributed by atoms with Crippen LogP contribution in [0.15, 0.2) is 0 Å². The number of hydrogen-bond donors (Lipinski definition) is 1. The van der Waals surface area contributed by atoms with Crippen LogP contribution >= 0.6 is 0 Å². The molecular formula is C10H15NO2. The van der Waals surface area contributed by atoms with Gasteiger partial charge in [-0.05, 0) is 25.8 Å². The van der Waals surface area contributed by atoms with Gasteiger partial charge < -0.3 is 5.11 Å². The van der Waals surface area contributed by atoms with Crippen LogP contribution in [0.5, 0.6) is 0 Å². The van der Waals surface area contributed by atoms with Gasteiger partial charge in [0.1, 0.15) is 5.60 Å². The Morgan fingerprint density at radius 3 is 3.15 bits per heavy atom. The first-order valence-electron chi connectivity index (χ1n) is 5.23. The Kier molecular flexibility index (Phi) is 1.43. The standard InChI is InChI=1S/C10H15NO2/c12-9-4-3-7-6-10(9,13)8-2-1-5-11(7)8/h7-8,13H,1-6H2/t7-,8-,10-/m1/s1. The number of carbonyl (C=O) groups excluding carboxylic acids is 1. The molecule has 1 N–H and O–H groups in total. The topological polar surface area (TPSA) is 40.5 Å². The van der Waals surface area contributed by atoms with Gasteiger partial charge in [0.05, 0.1) is 0 Å². The summed E-state index contributed by atoms with van der Waals surface area (Å²) >= 11 is 0. The highest BCUT2D eigenvalue weighted by molar-refractivity contribution is 5.89. The number of rotatable bonds is 0. The number of aliphatic hydroxyl groups is 1. The molecule has 3 heteroatoms. The first-order valence-corrected chi connectivity index (χ1v) is 5.23. The minimum Gasteiger partial charge on any atom is -0.380 e. The second kappa shape index (κ2) is 2.34. The lowest BCUT2D eigenvalue weighted by atomic mass is 9.80. The summed E-state index contributed by atoms with van der Waals surface area (Å²) in [6.07, 6.45) is 4.43. The molecule has 0 aromatic heterocycles. The van der Waals surface area contributed by atoms with E-state index in [0.29, 0.717) is 18.9 Å². The van der Waals surface area contributed by atoms with Gasteiger partial charge >= 0.3 is 0 Å². The first kappa shape index (κ1) is 7.94. The molecule has 3 aliphatic rings. The van der Waals surface area contributed by atoms with Gasteiger partial charge in [0.25, 0.3) is 0 Å². The fourth-order valence-corrected chi connectivity index (χ4v) is 3.43. The predicted molar refractivity (Wildman–Crippen MR) is 47.3 cm³/mol. The number of nitrogens with zero attached hydrogens (tertiary/aromatic N) is 1. The summed E-state index contributed by atoms with van der Waals surface area (Å²) in [4.78, 5) is 14.0. The average molecular weight is 181 g/mol. The summed E-state index contributed by atoms with van der Waals surface area (Å²) in [7, 11) is 0. The van der Waals surface area contributed by atoms with E-state index in [2.05, 4.69) is 4.90 Å². The minimum absolute atomic E-state index is 0.0955. The molecule has 0 amide bonds. The molecule has 2 bridgehead atoms. The number of fused-ring (bicyclic) bond motifs is 5. The Balaban J connectivity index is 2.02. The number of Topliss-reactive ketones (excluding diaryl/α,β-unsaturated/α-hetero) is 1. The van der Waals surface area contributed by atoms with Crippen molar-refractivity contribution in [2.45, 2.75) is 49.8 Å². The second-order valence-electron chi connectivity index (χ2n) is 4.64. The molecule has 0 aromatic rings. The molecule has 1 saturated carbocycles. The SMILES string of the molecule is O=C1CC[C@@H]2C[C@@]1(O)[C@H]1CCCN21. The highest BCUT2D eigenvalue weighted by Gasteiger charge is 2.58. The molecule has 1 aliphatic carbocycles. The van der Waals surface area contributed by atoms with Crippen molar-refractivity contribution in [2.24, 2.45) is 0 Å². The van der Waals surface area contributed by atoms with Crippen molar-refractivity contribution in [1.29, 1.82) is 0 Å². The molecule has 3 nitrogen and oxygen atoms in total. The summed E-state index contributed by atoms with van der Waals surface area (Å²) in [6.45, 7) is 1.09. The van der Waals surface area contributed by atoms with Gasteiger partial charge in [0.2, 0.25) is 0 Å². The Morgan fingerprint density at radius 2 is 2.31 bits per heavy atom. The normalized spacial score (nSPS) is 49.8. The van der Waals surface area contributed by atoms with E-state index in [0.717, 1.165) is 25.8 Å². The molecule has 0 radical (unpaired) electrons. The smallest absolute Gasteiger partial charge is 0.166 e. The van der Waals surface area contributed by atoms with Crippen LogP contribution < -0.4 is 0 Å². The van der Waals surface area contributed by atoms with Crippen LogP contribution in [0.25, 0.3) is 0 Å². The molecular weight excluding hydrogens is 166 g/mol. The lowest BCUT2D eigenvalue weighted by Gasteiger charge is -2.28. The van der Waals surface area contributed by atoms with E-state index in [4.69, 9.17) is 0 Å². The van der Waals surface area contributed by atoms with Gasteiger partial charge in [0, 0.05) is 24.9 Å². The Bertz CT molecular complexity index is 266. The third kappa shape index (κ3) is 0.842. The highest BCUT2D eigenvalue weighted by atomic mass is 16.3. The van der Waals surface area contributed by atoms with Crippen LogP contribution in [-0.4, -0.2) is 40.0 Å². The van der Waals surface area contributed by atoms with Gasteiger partial charge in [0.15, 0.2) is 5.78 Å². The van der Waals surface area contributed by atoms with Crippen LogP contribution in [-0.2, 0) is 4.79 Å². The molecule has 2 aliphatic heterocycles. The average Bonchev–Trinajstić information content (AvgIpc) is 2.64. The number of carbonyl (C=O) groups is 1. The van der Waals surface area contributed by atoms with Crippen LogP contribution in [0.3, 0.4) is 0 Å². The number of hydrogen-bond acceptors (Lipinski definition) is 3. The van der Waals surface area contributed by atoms with E-state index in [1.54, 1.807) is 0 Å². The molecule has 0 spiro atoms. The quantitative estimate of drug-likeness (QED) is 0.585. The lowest BCUT2D eigenvalue weighted by molar-refractivity contribution is -0.140. The maximum atomic E-state index is 11.6. The lowest BCUT2D eigenvalue weighted by Crippen LogP contribution is -2.47. The van der Waals surface area contributed by atoms with E-state index in [1.165, 1.54) is 0 Å². The summed E-state index contributed by atoms with van der Waals surface area (Å²) in [5, 5.41) is 10.3. The summed E-state index contributed by atoms with van der Waals surface area (Å²) < 4.78 is 0. The van der Waals surface area contributed by atoms with E-state index in [-0.39, 0.29) is 11.8 Å². The molecule has 3 fully saturated rings. The summed E-state index contributed by atoms with van der Waals surface area (Å²) in [5.41, 5.74) is -0.959. The van der Waals surface area contributed by atoms with Gasteiger partial charge in [-0.3, -0.25) is 9.69 Å². The second-order valence-corrected chi connectivity index (χ2v) is 4.64. The van der Waals surface area contributed by atoms with Crippen molar-refractivity contribution in [3.8, 4) is 0 Å². The maximum absolute atomic E-state index is 11.6. The number of ketones is 1. The molecule has 13 heavy (non-hydrogen) atoms. The Labute approximate surface area is 77.7 Å². The fraction of sp³-hybridized carbons (Fsp3) is 0.900. The maximum Gasteiger partial charge on any atom is 0.166 e. The van der Waals surface area contributed by atoms with E-state index >= 15 is 0 Å². The van der Waals surface area contributed by atoms with Crippen molar-refractivity contribution in [3.05, 3.63) is 0 Å². The van der Waals surface area contributed by atoms with Crippen molar-refractivity contribution in [3.63, 3.8) is 0 Å². The van der Waals surface area contributed by atoms with E-state index in [9.17, 15) is 9.90 Å². The highest BCUT2D eigenvalue weighted by Crippen LogP contribution is 2.45. The van der Waals surface area contributed by atoms with Gasteiger partial charge in [-0.2, -0.15) is 0 Å². The van der Waals surface area contributed by atoms with Gasteiger partial charge in [-0.25, -0.2) is 0 Å². The Hall–Kier alpha value is -0.410. The zero-order chi connectivity index (χ0) is 9.05. The van der Waals surface area contributed by atoms with Crippen LogP contribution in [0, 0.1) is 0 Å². The zero-order valence-electron chi connectivity index (χ0n) is 7.70. The molecule has 72 valence electrons. The molecule has 2 heterocycles. The summed E-state index contributed by atoms with van der Waals surface area (Å²) in [5.74, 6) is 0.0955. The zero-order valence-corrected chi connectivity index (χ0v) is 7.70. The van der Waals surface area contributed by atoms with Crippen molar-refractivity contribution >= 4 is 5.78 Å². The van der Waals surface area contributed by atoms with Crippen molar-refractivity contribution in [2.75, 3.05) is 6.54 Å². The van der Waals surface area contributed by atoms with Crippen LogP contribution in [0.1, 0.15) is 32.1 Å². The van der Waals surface area contributed by atoms with Gasteiger partial charge in [-0.15, -0.1) is 0 Å². The predicted octanol–water partition coefficient (Wildman–Crippen LogP) is 0.317. The Morgan fingerprint density at radius 1 is 1.46 bits per heavy atom. The third-order valence-electron chi connectivity index (χ3n) is 4.05. The fourth-order valence-electron chi connectivity index (χ4n) is 3.43. The monoisotopic (exact) mass is 181 g/mol. The molecule has 3 atom stereocenters. The van der Waals surface area contributed by atoms with E-state index in [1.807, 2.05) is 0 Å². The molecule has 0 unspecified atom stereocenters. The third-order valence-corrected chi connectivity index (χ3v) is 4.05. The van der Waals surface area contributed by atoms with Crippen molar-refractivity contribution < 1.29 is 9.90 Å². The molecule has 2 saturated heterocycles. The van der Waals surface area contributed by atoms with Crippen molar-refractivity contribution in [1.82, 2.24) is 4.90 Å². The van der Waals surface area contributed by atoms with Gasteiger partial charge in [-0.1, -0.05) is 0 Å². The first-order chi connectivity index (χ1) is 6.22. The van der Waals surface area contributed by atoms with Crippen LogP contribution in [0.4, 0.5) is 0 Å².